The van der Waals surface area contributed by atoms with Crippen LogP contribution in [0, 0.1) is 0 Å². The lowest BCUT2D eigenvalue weighted by atomic mass is 10.0. The maximum absolute atomic E-state index is 5.01. The molecule has 0 atom stereocenters. The van der Waals surface area contributed by atoms with Crippen molar-refractivity contribution in [3.05, 3.63) is 11.6 Å². The molecule has 1 rings (SSSR count). The summed E-state index contributed by atoms with van der Waals surface area (Å²) in [6, 6.07) is 0. The molecule has 0 N–H and O–H groups in total. The van der Waals surface area contributed by atoms with E-state index < -0.39 is 0 Å². The van der Waals surface area contributed by atoms with Crippen LogP contribution in [0.25, 0.3) is 0 Å². The number of hydrogen-bond acceptors (Lipinski definition) is 1. The van der Waals surface area contributed by atoms with Crippen molar-refractivity contribution in [3.8, 4) is 0 Å². The van der Waals surface area contributed by atoms with E-state index in [4.69, 9.17) is 12.2 Å². The van der Waals surface area contributed by atoms with E-state index in [-0.39, 0.29) is 0 Å². The average molecular weight is 126 g/mol. The number of thiocarbonyl (C=S) groups is 1. The summed E-state index contributed by atoms with van der Waals surface area (Å²) in [5.74, 6) is 0. The molecule has 1 aliphatic rings. The maximum atomic E-state index is 5.01. The van der Waals surface area contributed by atoms with Crippen LogP contribution >= 0.6 is 12.2 Å². The molecular formula is C7H10S. The largest absolute Gasteiger partial charge is 0.0849 e. The first-order chi connectivity index (χ1) is 3.79. The first-order valence-electron chi connectivity index (χ1n) is 2.99. The molecule has 1 aliphatic carbocycles. The summed E-state index contributed by atoms with van der Waals surface area (Å²) in [7, 11) is 0. The topological polar surface area (TPSA) is 0 Å². The van der Waals surface area contributed by atoms with E-state index in [1.54, 1.807) is 0 Å². The second kappa shape index (κ2) is 2.40. The van der Waals surface area contributed by atoms with E-state index in [2.05, 4.69) is 13.0 Å². The molecule has 0 fully saturated rings. The van der Waals surface area contributed by atoms with Crippen LogP contribution in [0.5, 0.6) is 0 Å². The van der Waals surface area contributed by atoms with Gasteiger partial charge in [0.1, 0.15) is 0 Å². The number of rotatable bonds is 0. The van der Waals surface area contributed by atoms with Crippen LogP contribution in [0.1, 0.15) is 26.2 Å². The van der Waals surface area contributed by atoms with Gasteiger partial charge in [0.15, 0.2) is 0 Å². The average Bonchev–Trinajstić information content (AvgIpc) is 1.64. The van der Waals surface area contributed by atoms with Gasteiger partial charge in [-0.2, -0.15) is 0 Å². The molecule has 0 aromatic heterocycles. The zero-order chi connectivity index (χ0) is 5.98. The van der Waals surface area contributed by atoms with E-state index in [0.29, 0.717) is 0 Å². The summed E-state index contributed by atoms with van der Waals surface area (Å²) in [4.78, 5) is 1.13. The minimum atomic E-state index is 1.13. The standard InChI is InChI=1S/C7H10S/c1-6-3-2-4-7(8)5-6/h5H,2-4H2,1H3. The highest BCUT2D eigenvalue weighted by Gasteiger charge is 2.01. The molecule has 0 saturated carbocycles. The number of allylic oxidation sites excluding steroid dienone is 2. The van der Waals surface area contributed by atoms with Crippen LogP contribution in [-0.4, -0.2) is 4.86 Å². The van der Waals surface area contributed by atoms with Crippen molar-refractivity contribution in [2.75, 3.05) is 0 Å². The van der Waals surface area contributed by atoms with Gasteiger partial charge in [0.25, 0.3) is 0 Å². The van der Waals surface area contributed by atoms with Gasteiger partial charge < -0.3 is 0 Å². The van der Waals surface area contributed by atoms with Crippen LogP contribution in [-0.2, 0) is 0 Å². The second-order valence-electron chi connectivity index (χ2n) is 2.31. The molecule has 44 valence electrons. The van der Waals surface area contributed by atoms with Crippen LogP contribution in [0.2, 0.25) is 0 Å². The SMILES string of the molecule is CC1=CC(=S)CCC1. The van der Waals surface area contributed by atoms with Gasteiger partial charge in [0.05, 0.1) is 0 Å². The quantitative estimate of drug-likeness (QED) is 0.449. The van der Waals surface area contributed by atoms with Crippen molar-refractivity contribution in [2.45, 2.75) is 26.2 Å². The molecule has 0 aromatic rings. The summed E-state index contributed by atoms with van der Waals surface area (Å²) < 4.78 is 0. The minimum absolute atomic E-state index is 1.13. The van der Waals surface area contributed by atoms with Gasteiger partial charge >= 0.3 is 0 Å². The Kier molecular flexibility index (Phi) is 1.79. The predicted octanol–water partition coefficient (Wildman–Crippen LogP) is 2.49. The van der Waals surface area contributed by atoms with E-state index >= 15 is 0 Å². The van der Waals surface area contributed by atoms with Crippen molar-refractivity contribution in [1.82, 2.24) is 0 Å². The molecule has 0 radical (unpaired) electrons. The fourth-order valence-corrected chi connectivity index (χ4v) is 1.31. The first-order valence-corrected chi connectivity index (χ1v) is 3.40. The summed E-state index contributed by atoms with van der Waals surface area (Å²) in [6.45, 7) is 2.14. The zero-order valence-electron chi connectivity index (χ0n) is 5.11. The number of hydrogen-bond donors (Lipinski definition) is 0. The van der Waals surface area contributed by atoms with Crippen molar-refractivity contribution in [2.24, 2.45) is 0 Å². The molecule has 0 saturated heterocycles. The Hall–Kier alpha value is -0.170. The maximum Gasteiger partial charge on any atom is 0.0151 e. The summed E-state index contributed by atoms with van der Waals surface area (Å²) in [5.41, 5.74) is 1.45. The summed E-state index contributed by atoms with van der Waals surface area (Å²) in [6.07, 6.45) is 5.77. The van der Waals surface area contributed by atoms with E-state index in [9.17, 15) is 0 Å². The summed E-state index contributed by atoms with van der Waals surface area (Å²) >= 11 is 5.01. The lowest BCUT2D eigenvalue weighted by Crippen LogP contribution is -1.97. The molecule has 0 aliphatic heterocycles. The molecule has 0 spiro atoms. The molecule has 0 heterocycles. The highest BCUT2D eigenvalue weighted by atomic mass is 32.1. The van der Waals surface area contributed by atoms with Crippen LogP contribution in [0.4, 0.5) is 0 Å². The molecular weight excluding hydrogens is 116 g/mol. The van der Waals surface area contributed by atoms with Crippen molar-refractivity contribution in [3.63, 3.8) is 0 Å². The van der Waals surface area contributed by atoms with Crippen molar-refractivity contribution in [1.29, 1.82) is 0 Å². The highest BCUT2D eigenvalue weighted by Crippen LogP contribution is 2.14. The van der Waals surface area contributed by atoms with Gasteiger partial charge in [0.2, 0.25) is 0 Å². The van der Waals surface area contributed by atoms with Crippen LogP contribution in [0.15, 0.2) is 11.6 Å². The van der Waals surface area contributed by atoms with Gasteiger partial charge in [-0.25, -0.2) is 0 Å². The fraction of sp³-hybridized carbons (Fsp3) is 0.571. The monoisotopic (exact) mass is 126 g/mol. The Morgan fingerprint density at radius 1 is 1.50 bits per heavy atom. The van der Waals surface area contributed by atoms with Crippen LogP contribution in [0.3, 0.4) is 0 Å². The van der Waals surface area contributed by atoms with Gasteiger partial charge in [0, 0.05) is 4.86 Å². The van der Waals surface area contributed by atoms with Gasteiger partial charge in [-0.3, -0.25) is 0 Å². The zero-order valence-corrected chi connectivity index (χ0v) is 5.92. The van der Waals surface area contributed by atoms with Gasteiger partial charge in [-0.05, 0) is 32.3 Å². The minimum Gasteiger partial charge on any atom is -0.0849 e. The Labute approximate surface area is 55.6 Å². The third-order valence-corrected chi connectivity index (χ3v) is 1.72. The van der Waals surface area contributed by atoms with Gasteiger partial charge in [-0.15, -0.1) is 0 Å². The molecule has 1 heteroatoms. The molecule has 0 bridgehead atoms. The fourth-order valence-electron chi connectivity index (χ4n) is 0.961. The normalized spacial score (nSPS) is 20.6. The molecule has 0 amide bonds. The lowest BCUT2D eigenvalue weighted by Gasteiger charge is -2.07. The highest BCUT2D eigenvalue weighted by molar-refractivity contribution is 7.80. The van der Waals surface area contributed by atoms with E-state index in [1.165, 1.54) is 18.4 Å². The van der Waals surface area contributed by atoms with Crippen LogP contribution < -0.4 is 0 Å². The Morgan fingerprint density at radius 2 is 2.25 bits per heavy atom. The van der Waals surface area contributed by atoms with Gasteiger partial charge in [-0.1, -0.05) is 17.8 Å². The predicted molar refractivity (Wildman–Crippen MR) is 40.2 cm³/mol. The Balaban J connectivity index is 2.64. The molecule has 0 nitrogen and oxygen atoms in total. The second-order valence-corrected chi connectivity index (χ2v) is 2.83. The summed E-state index contributed by atoms with van der Waals surface area (Å²) in [5, 5.41) is 0. The van der Waals surface area contributed by atoms with Crippen molar-refractivity contribution < 1.29 is 0 Å². The Bertz CT molecular complexity index is 133. The smallest absolute Gasteiger partial charge is 0.0151 e. The van der Waals surface area contributed by atoms with E-state index in [0.717, 1.165) is 11.3 Å². The third-order valence-electron chi connectivity index (χ3n) is 1.40. The lowest BCUT2D eigenvalue weighted by molar-refractivity contribution is 0.843. The third kappa shape index (κ3) is 1.41. The first kappa shape index (κ1) is 5.96. The molecule has 0 aromatic carbocycles. The van der Waals surface area contributed by atoms with E-state index in [1.807, 2.05) is 0 Å². The molecule has 0 unspecified atom stereocenters. The Morgan fingerprint density at radius 3 is 2.62 bits per heavy atom. The molecule has 8 heavy (non-hydrogen) atoms. The van der Waals surface area contributed by atoms with Crippen molar-refractivity contribution >= 4 is 17.1 Å².